The van der Waals surface area contributed by atoms with Gasteiger partial charge in [-0.05, 0) is 37.1 Å². The number of hydrogen-bond acceptors (Lipinski definition) is 7. The van der Waals surface area contributed by atoms with E-state index in [0.29, 0.717) is 43.1 Å². The molecule has 1 aromatic heterocycles. The molecule has 1 fully saturated rings. The SMILES string of the molecule is O=C(Nc1ccc2c(c1)OCO2)c1nnc(C2CCN(C(=O)Nc3ccc(F)cc3F)CC2)s1. The van der Waals surface area contributed by atoms with Gasteiger partial charge in [0.1, 0.15) is 16.6 Å². The second kappa shape index (κ2) is 9.21. The lowest BCUT2D eigenvalue weighted by Crippen LogP contribution is -2.40. The molecule has 2 aliphatic heterocycles. The second-order valence-corrected chi connectivity index (χ2v) is 8.79. The Morgan fingerprint density at radius 3 is 2.59 bits per heavy atom. The summed E-state index contributed by atoms with van der Waals surface area (Å²) < 4.78 is 37.4. The number of urea groups is 1. The van der Waals surface area contributed by atoms with Crippen LogP contribution in [0.1, 0.15) is 33.6 Å². The van der Waals surface area contributed by atoms with E-state index in [2.05, 4.69) is 20.8 Å². The maximum atomic E-state index is 13.8. The highest BCUT2D eigenvalue weighted by Crippen LogP contribution is 2.35. The average Bonchev–Trinajstić information content (AvgIpc) is 3.50. The van der Waals surface area contributed by atoms with Crippen molar-refractivity contribution in [1.82, 2.24) is 15.1 Å². The van der Waals surface area contributed by atoms with Crippen molar-refractivity contribution in [2.24, 2.45) is 0 Å². The van der Waals surface area contributed by atoms with Crippen molar-refractivity contribution in [1.29, 1.82) is 0 Å². The minimum atomic E-state index is -0.830. The molecule has 0 atom stereocenters. The zero-order chi connectivity index (χ0) is 23.7. The van der Waals surface area contributed by atoms with Crippen molar-refractivity contribution >= 4 is 34.6 Å². The van der Waals surface area contributed by atoms with Gasteiger partial charge in [-0.3, -0.25) is 4.79 Å². The molecule has 5 rings (SSSR count). The third kappa shape index (κ3) is 4.62. The van der Waals surface area contributed by atoms with Crippen LogP contribution in [0.25, 0.3) is 0 Å². The summed E-state index contributed by atoms with van der Waals surface area (Å²) in [7, 11) is 0. The molecule has 1 saturated heterocycles. The smallest absolute Gasteiger partial charge is 0.321 e. The van der Waals surface area contributed by atoms with Crippen molar-refractivity contribution in [2.75, 3.05) is 30.5 Å². The molecule has 2 N–H and O–H groups in total. The highest BCUT2D eigenvalue weighted by atomic mass is 32.1. The van der Waals surface area contributed by atoms with Gasteiger partial charge in [0.05, 0.1) is 5.69 Å². The van der Waals surface area contributed by atoms with Gasteiger partial charge in [-0.25, -0.2) is 13.6 Å². The highest BCUT2D eigenvalue weighted by molar-refractivity contribution is 7.13. The lowest BCUT2D eigenvalue weighted by Gasteiger charge is -2.31. The number of nitrogens with one attached hydrogen (secondary N) is 2. The number of aromatic nitrogens is 2. The van der Waals surface area contributed by atoms with Gasteiger partial charge in [-0.2, -0.15) is 0 Å². The summed E-state index contributed by atoms with van der Waals surface area (Å²) in [6.45, 7) is 1.01. The number of carbonyl (C=O) groups is 2. The summed E-state index contributed by atoms with van der Waals surface area (Å²) in [6, 6.07) is 7.65. The van der Waals surface area contributed by atoms with E-state index in [1.54, 1.807) is 23.1 Å². The molecule has 0 bridgehead atoms. The molecular formula is C22H19F2N5O4S. The standard InChI is InChI=1S/C22H19F2N5O4S/c23-13-1-3-16(15(24)9-13)26-22(31)29-7-5-12(6-8-29)20-27-28-21(34-20)19(30)25-14-2-4-17-18(10-14)33-11-32-17/h1-4,9-10,12H,5-8,11H2,(H,25,30)(H,26,31). The number of fused-ring (bicyclic) bond motifs is 1. The number of benzene rings is 2. The Morgan fingerprint density at radius 1 is 1.00 bits per heavy atom. The van der Waals surface area contributed by atoms with Gasteiger partial charge in [0.25, 0.3) is 5.91 Å². The summed E-state index contributed by atoms with van der Waals surface area (Å²) in [4.78, 5) is 26.6. The van der Waals surface area contributed by atoms with Crippen LogP contribution < -0.4 is 20.1 Å². The fourth-order valence-corrected chi connectivity index (χ4v) is 4.67. The molecule has 9 nitrogen and oxygen atoms in total. The topological polar surface area (TPSA) is 106 Å². The van der Waals surface area contributed by atoms with Crippen LogP contribution in [-0.4, -0.2) is 46.9 Å². The first-order valence-corrected chi connectivity index (χ1v) is 11.3. The van der Waals surface area contributed by atoms with E-state index in [0.717, 1.165) is 17.1 Å². The van der Waals surface area contributed by atoms with E-state index in [1.807, 2.05) is 0 Å². The van der Waals surface area contributed by atoms with Gasteiger partial charge in [-0.1, -0.05) is 11.3 Å². The number of carbonyl (C=O) groups excluding carboxylic acids is 2. The number of halogens is 2. The van der Waals surface area contributed by atoms with Gasteiger partial charge < -0.3 is 25.0 Å². The quantitative estimate of drug-likeness (QED) is 0.571. The molecule has 0 radical (unpaired) electrons. The molecule has 3 aromatic rings. The van der Waals surface area contributed by atoms with Gasteiger partial charge in [-0.15, -0.1) is 10.2 Å². The van der Waals surface area contributed by atoms with E-state index in [4.69, 9.17) is 9.47 Å². The van der Waals surface area contributed by atoms with Crippen LogP contribution in [-0.2, 0) is 0 Å². The lowest BCUT2D eigenvalue weighted by atomic mass is 9.98. The molecule has 3 heterocycles. The zero-order valence-corrected chi connectivity index (χ0v) is 18.5. The minimum absolute atomic E-state index is 0.0520. The molecule has 34 heavy (non-hydrogen) atoms. The zero-order valence-electron chi connectivity index (χ0n) is 17.7. The van der Waals surface area contributed by atoms with Crippen LogP contribution in [0.2, 0.25) is 0 Å². The molecule has 3 amide bonds. The fourth-order valence-electron chi connectivity index (χ4n) is 3.76. The number of amides is 3. The fraction of sp³-hybridized carbons (Fsp3) is 0.273. The normalized spacial score (nSPS) is 15.3. The molecule has 0 spiro atoms. The van der Waals surface area contributed by atoms with Crippen LogP contribution in [0.5, 0.6) is 11.5 Å². The van der Waals surface area contributed by atoms with Crippen molar-refractivity contribution in [3.63, 3.8) is 0 Å². The van der Waals surface area contributed by atoms with Gasteiger partial charge in [0.15, 0.2) is 11.5 Å². The first kappa shape index (κ1) is 22.0. The molecule has 0 unspecified atom stereocenters. The molecule has 2 aliphatic rings. The van der Waals surface area contributed by atoms with Crippen molar-refractivity contribution in [3.8, 4) is 11.5 Å². The third-order valence-corrected chi connectivity index (χ3v) is 6.65. The maximum absolute atomic E-state index is 13.8. The first-order valence-electron chi connectivity index (χ1n) is 10.5. The van der Waals surface area contributed by atoms with E-state index in [-0.39, 0.29) is 29.3 Å². The Labute approximate surface area is 196 Å². The minimum Gasteiger partial charge on any atom is -0.454 e. The number of piperidine rings is 1. The summed E-state index contributed by atoms with van der Waals surface area (Å²) in [5.41, 5.74) is 0.485. The molecule has 2 aromatic carbocycles. The number of rotatable bonds is 4. The highest BCUT2D eigenvalue weighted by Gasteiger charge is 2.27. The summed E-state index contributed by atoms with van der Waals surface area (Å²) in [5.74, 6) is -0.675. The summed E-state index contributed by atoms with van der Waals surface area (Å²) >= 11 is 1.21. The first-order chi connectivity index (χ1) is 16.5. The largest absolute Gasteiger partial charge is 0.454 e. The predicted octanol–water partition coefficient (Wildman–Crippen LogP) is 4.21. The summed E-state index contributed by atoms with van der Waals surface area (Å²) in [6.07, 6.45) is 1.25. The van der Waals surface area contributed by atoms with Gasteiger partial charge >= 0.3 is 6.03 Å². The van der Waals surface area contributed by atoms with E-state index >= 15 is 0 Å². The van der Waals surface area contributed by atoms with Crippen LogP contribution in [0.15, 0.2) is 36.4 Å². The number of ether oxygens (including phenoxy) is 2. The van der Waals surface area contributed by atoms with Crippen LogP contribution >= 0.6 is 11.3 Å². The maximum Gasteiger partial charge on any atom is 0.321 e. The molecule has 0 saturated carbocycles. The monoisotopic (exact) mass is 487 g/mol. The van der Waals surface area contributed by atoms with Crippen molar-refractivity contribution in [3.05, 3.63) is 58.0 Å². The lowest BCUT2D eigenvalue weighted by molar-refractivity contribution is 0.102. The number of anilines is 2. The number of hydrogen-bond donors (Lipinski definition) is 2. The van der Waals surface area contributed by atoms with Gasteiger partial charge in [0, 0.05) is 36.8 Å². The predicted molar refractivity (Wildman–Crippen MR) is 119 cm³/mol. The average molecular weight is 487 g/mol. The van der Waals surface area contributed by atoms with Crippen molar-refractivity contribution in [2.45, 2.75) is 18.8 Å². The molecule has 176 valence electrons. The van der Waals surface area contributed by atoms with Crippen LogP contribution in [0, 0.1) is 11.6 Å². The molecular weight excluding hydrogens is 468 g/mol. The van der Waals surface area contributed by atoms with Gasteiger partial charge in [0.2, 0.25) is 11.8 Å². The number of nitrogens with zero attached hydrogens (tertiary/aromatic N) is 3. The Morgan fingerprint density at radius 2 is 1.79 bits per heavy atom. The Balaban J connectivity index is 1.15. The van der Waals surface area contributed by atoms with E-state index in [1.165, 1.54) is 17.4 Å². The second-order valence-electron chi connectivity index (χ2n) is 7.78. The Kier molecular flexibility index (Phi) is 5.97. The Bertz CT molecular complexity index is 1250. The summed E-state index contributed by atoms with van der Waals surface area (Å²) in [5, 5.41) is 14.4. The molecule has 0 aliphatic carbocycles. The molecule has 12 heteroatoms. The van der Waals surface area contributed by atoms with Crippen molar-refractivity contribution < 1.29 is 27.8 Å². The number of likely N-dealkylation sites (tertiary alicyclic amines) is 1. The Hall–Kier alpha value is -3.80. The van der Waals surface area contributed by atoms with Crippen LogP contribution in [0.3, 0.4) is 0 Å². The van der Waals surface area contributed by atoms with E-state index < -0.39 is 17.7 Å². The van der Waals surface area contributed by atoms with Crippen LogP contribution in [0.4, 0.5) is 25.0 Å². The van der Waals surface area contributed by atoms with E-state index in [9.17, 15) is 18.4 Å². The third-order valence-electron chi connectivity index (χ3n) is 5.57.